The first-order chi connectivity index (χ1) is 17.1. The van der Waals surface area contributed by atoms with Crippen LogP contribution in [-0.4, -0.2) is 29.5 Å². The monoisotopic (exact) mass is 521 g/mol. The first kappa shape index (κ1) is 26.5. The summed E-state index contributed by atoms with van der Waals surface area (Å²) in [7, 11) is -3.85. The van der Waals surface area contributed by atoms with Crippen molar-refractivity contribution in [2.75, 3.05) is 15.8 Å². The number of nitrogens with zero attached hydrogens (tertiary/aromatic N) is 4. The number of carbonyl (C=O) groups excluding carboxylic acids is 1. The van der Waals surface area contributed by atoms with Gasteiger partial charge in [0.15, 0.2) is 0 Å². The number of nitriles is 2. The summed E-state index contributed by atoms with van der Waals surface area (Å²) in [5.74, 6) is -0.339. The normalized spacial score (nSPS) is 11.8. The Kier molecular flexibility index (Phi) is 8.14. The fourth-order valence-corrected chi connectivity index (χ4v) is 5.22. The van der Waals surface area contributed by atoms with Gasteiger partial charge in [0.05, 0.1) is 21.3 Å². The molecule has 2 heterocycles. The Hall–Kier alpha value is -4.13. The number of carbonyl (C=O) groups is 1. The fourth-order valence-electron chi connectivity index (χ4n) is 3.29. The van der Waals surface area contributed by atoms with Gasteiger partial charge in [-0.25, -0.2) is 18.4 Å². The van der Waals surface area contributed by atoms with Crippen molar-refractivity contribution < 1.29 is 13.2 Å². The Labute approximate surface area is 213 Å². The Morgan fingerprint density at radius 2 is 1.72 bits per heavy atom. The smallest absolute Gasteiger partial charge is 0.263 e. The van der Waals surface area contributed by atoms with Crippen LogP contribution in [0.3, 0.4) is 0 Å². The number of sulfonamides is 1. The number of pyridine rings is 2. The molecule has 0 saturated carbocycles. The molecular formula is C24H23N7O3S2. The van der Waals surface area contributed by atoms with E-state index in [0.29, 0.717) is 11.3 Å². The lowest BCUT2D eigenvalue weighted by Crippen LogP contribution is -2.23. The number of aromatic nitrogens is 2. The molecule has 1 unspecified atom stereocenters. The largest absolute Gasteiger partial charge is 0.383 e. The van der Waals surface area contributed by atoms with Crippen molar-refractivity contribution in [1.82, 2.24) is 9.97 Å². The van der Waals surface area contributed by atoms with Gasteiger partial charge in [0.2, 0.25) is 5.91 Å². The third kappa shape index (κ3) is 5.92. The molecule has 0 aliphatic carbocycles. The molecule has 4 N–H and O–H groups in total. The summed E-state index contributed by atoms with van der Waals surface area (Å²) in [5, 5.41) is 21.5. The molecule has 0 aliphatic rings. The van der Waals surface area contributed by atoms with E-state index in [1.165, 1.54) is 36.5 Å². The second kappa shape index (κ2) is 11.1. The summed E-state index contributed by atoms with van der Waals surface area (Å²) in [6.07, 6.45) is 1.47. The minimum Gasteiger partial charge on any atom is -0.383 e. The van der Waals surface area contributed by atoms with Gasteiger partial charge in [-0.1, -0.05) is 31.7 Å². The zero-order valence-corrected chi connectivity index (χ0v) is 21.3. The number of benzene rings is 1. The maximum absolute atomic E-state index is 12.8. The predicted octanol–water partition coefficient (Wildman–Crippen LogP) is 3.85. The van der Waals surface area contributed by atoms with Gasteiger partial charge in [-0.05, 0) is 54.8 Å². The summed E-state index contributed by atoms with van der Waals surface area (Å²) in [4.78, 5) is 20.9. The number of nitrogens with one attached hydrogen (secondary N) is 2. The maximum atomic E-state index is 12.8. The van der Waals surface area contributed by atoms with Crippen molar-refractivity contribution in [3.8, 4) is 12.1 Å². The number of rotatable bonds is 8. The van der Waals surface area contributed by atoms with Crippen LogP contribution >= 0.6 is 11.8 Å². The van der Waals surface area contributed by atoms with Gasteiger partial charge in [-0.2, -0.15) is 10.5 Å². The van der Waals surface area contributed by atoms with Gasteiger partial charge >= 0.3 is 0 Å². The highest BCUT2D eigenvalue weighted by molar-refractivity contribution is 8.00. The zero-order valence-electron chi connectivity index (χ0n) is 19.7. The summed E-state index contributed by atoms with van der Waals surface area (Å²) in [5.41, 5.74) is 7.22. The van der Waals surface area contributed by atoms with Gasteiger partial charge in [0.1, 0.15) is 28.8 Å². The number of hydrogen-bond acceptors (Lipinski definition) is 9. The Bertz CT molecular complexity index is 1460. The standard InChI is InChI=1S/C24H23N7O3S2/c1-14(2)21-18(12-25)22(27)30-24(19(21)13-26)35-15(3)23(32)29-16-7-9-17(10-8-16)36(33,34)31-20-6-4-5-11-28-20/h4-11,14-15H,1-3H3,(H2,27,30)(H,28,31)(H,29,32). The molecule has 1 amide bonds. The van der Waals surface area contributed by atoms with Crippen LogP contribution in [0.15, 0.2) is 58.6 Å². The Morgan fingerprint density at radius 1 is 1.06 bits per heavy atom. The number of nitrogen functional groups attached to an aromatic ring is 1. The molecule has 36 heavy (non-hydrogen) atoms. The second-order valence-electron chi connectivity index (χ2n) is 7.94. The highest BCUT2D eigenvalue weighted by Crippen LogP contribution is 2.34. The molecule has 0 spiro atoms. The zero-order chi connectivity index (χ0) is 26.5. The molecule has 184 valence electrons. The highest BCUT2D eigenvalue weighted by Gasteiger charge is 2.24. The van der Waals surface area contributed by atoms with E-state index in [4.69, 9.17) is 5.73 Å². The predicted molar refractivity (Wildman–Crippen MR) is 138 cm³/mol. The van der Waals surface area contributed by atoms with Crippen LogP contribution < -0.4 is 15.8 Å². The summed E-state index contributed by atoms with van der Waals surface area (Å²) in [6, 6.07) is 14.6. The van der Waals surface area contributed by atoms with E-state index in [1.807, 2.05) is 19.9 Å². The van der Waals surface area contributed by atoms with Gasteiger partial charge < -0.3 is 11.1 Å². The average Bonchev–Trinajstić information content (AvgIpc) is 2.84. The first-order valence-electron chi connectivity index (χ1n) is 10.7. The lowest BCUT2D eigenvalue weighted by Gasteiger charge is -2.17. The van der Waals surface area contributed by atoms with E-state index < -0.39 is 15.3 Å². The van der Waals surface area contributed by atoms with Crippen LogP contribution in [0.4, 0.5) is 17.3 Å². The van der Waals surface area contributed by atoms with E-state index in [9.17, 15) is 23.7 Å². The van der Waals surface area contributed by atoms with Crippen molar-refractivity contribution in [2.24, 2.45) is 0 Å². The lowest BCUT2D eigenvalue weighted by molar-refractivity contribution is -0.115. The van der Waals surface area contributed by atoms with E-state index >= 15 is 0 Å². The van der Waals surface area contributed by atoms with E-state index in [1.54, 1.807) is 19.1 Å². The van der Waals surface area contributed by atoms with E-state index in [-0.39, 0.29) is 44.5 Å². The molecule has 1 aromatic carbocycles. The summed E-state index contributed by atoms with van der Waals surface area (Å²) in [6.45, 7) is 5.33. The molecule has 0 bridgehead atoms. The van der Waals surface area contributed by atoms with Crippen LogP contribution in [0, 0.1) is 22.7 Å². The molecular weight excluding hydrogens is 498 g/mol. The van der Waals surface area contributed by atoms with E-state index in [2.05, 4.69) is 26.1 Å². The van der Waals surface area contributed by atoms with Crippen LogP contribution in [0.5, 0.6) is 0 Å². The minimum atomic E-state index is -3.85. The topological polar surface area (TPSA) is 175 Å². The third-order valence-electron chi connectivity index (χ3n) is 5.03. The number of thioether (sulfide) groups is 1. The Balaban J connectivity index is 1.75. The van der Waals surface area contributed by atoms with Crippen molar-refractivity contribution in [3.05, 3.63) is 65.4 Å². The van der Waals surface area contributed by atoms with Crippen molar-refractivity contribution in [1.29, 1.82) is 10.5 Å². The molecule has 12 heteroatoms. The first-order valence-corrected chi connectivity index (χ1v) is 13.1. The van der Waals surface area contributed by atoms with Crippen LogP contribution in [0.2, 0.25) is 0 Å². The third-order valence-corrected chi connectivity index (χ3v) is 7.48. The van der Waals surface area contributed by atoms with Crippen LogP contribution in [0.25, 0.3) is 0 Å². The quantitative estimate of drug-likeness (QED) is 0.372. The molecule has 3 aromatic rings. The summed E-state index contributed by atoms with van der Waals surface area (Å²) < 4.78 is 27.5. The van der Waals surface area contributed by atoms with Crippen molar-refractivity contribution in [3.63, 3.8) is 0 Å². The number of anilines is 3. The lowest BCUT2D eigenvalue weighted by atomic mass is 9.94. The number of amides is 1. The molecule has 0 fully saturated rings. The average molecular weight is 522 g/mol. The van der Waals surface area contributed by atoms with Gasteiger partial charge in [-0.3, -0.25) is 9.52 Å². The summed E-state index contributed by atoms with van der Waals surface area (Å²) >= 11 is 1.05. The van der Waals surface area contributed by atoms with Crippen LogP contribution in [0.1, 0.15) is 43.4 Å². The van der Waals surface area contributed by atoms with Gasteiger partial charge in [0, 0.05) is 11.9 Å². The maximum Gasteiger partial charge on any atom is 0.263 e. The van der Waals surface area contributed by atoms with Gasteiger partial charge in [0.25, 0.3) is 10.0 Å². The molecule has 3 rings (SSSR count). The van der Waals surface area contributed by atoms with Crippen LogP contribution in [-0.2, 0) is 14.8 Å². The fraction of sp³-hybridized carbons (Fsp3) is 0.208. The second-order valence-corrected chi connectivity index (χ2v) is 11.0. The molecule has 0 aliphatic heterocycles. The van der Waals surface area contributed by atoms with E-state index in [0.717, 1.165) is 11.8 Å². The molecule has 0 radical (unpaired) electrons. The Morgan fingerprint density at radius 3 is 2.28 bits per heavy atom. The highest BCUT2D eigenvalue weighted by atomic mass is 32.2. The minimum absolute atomic E-state index is 0.00529. The number of nitrogens with two attached hydrogens (primary N) is 1. The van der Waals surface area contributed by atoms with Crippen molar-refractivity contribution >= 4 is 45.0 Å². The van der Waals surface area contributed by atoms with Gasteiger partial charge in [-0.15, -0.1) is 0 Å². The molecule has 1 atom stereocenters. The van der Waals surface area contributed by atoms with Crippen molar-refractivity contribution in [2.45, 2.75) is 41.9 Å². The number of hydrogen-bond donors (Lipinski definition) is 3. The molecule has 10 nitrogen and oxygen atoms in total. The molecule has 0 saturated heterocycles. The molecule has 2 aromatic heterocycles. The SMILES string of the molecule is CC(Sc1nc(N)c(C#N)c(C(C)C)c1C#N)C(=O)Nc1ccc(S(=O)(=O)Nc2ccccn2)cc1.